The van der Waals surface area contributed by atoms with Crippen molar-refractivity contribution in [3.63, 3.8) is 0 Å². The summed E-state index contributed by atoms with van der Waals surface area (Å²) in [4.78, 5) is 25.9. The lowest BCUT2D eigenvalue weighted by Crippen LogP contribution is -2.45. The predicted molar refractivity (Wildman–Crippen MR) is 98.5 cm³/mol. The Morgan fingerprint density at radius 3 is 2.60 bits per heavy atom. The number of hydrogen-bond donors (Lipinski definition) is 1. The van der Waals surface area contributed by atoms with Crippen LogP contribution in [-0.2, 0) is 16.0 Å². The molecule has 1 fully saturated rings. The van der Waals surface area contributed by atoms with Crippen molar-refractivity contribution in [2.75, 3.05) is 26.7 Å². The van der Waals surface area contributed by atoms with Gasteiger partial charge in [0.1, 0.15) is 5.75 Å². The highest BCUT2D eigenvalue weighted by Crippen LogP contribution is 2.26. The van der Waals surface area contributed by atoms with Crippen LogP contribution >= 0.6 is 0 Å². The summed E-state index contributed by atoms with van der Waals surface area (Å²) in [6, 6.07) is 8.13. The van der Waals surface area contributed by atoms with Gasteiger partial charge in [-0.25, -0.2) is 0 Å². The van der Waals surface area contributed by atoms with Crippen LogP contribution in [0, 0.1) is 11.8 Å². The predicted octanol–water partition coefficient (Wildman–Crippen LogP) is 2.64. The molecule has 0 bridgehead atoms. The van der Waals surface area contributed by atoms with Crippen molar-refractivity contribution in [2.45, 2.75) is 39.5 Å². The monoisotopic (exact) mass is 346 g/mol. The van der Waals surface area contributed by atoms with E-state index in [4.69, 9.17) is 4.74 Å². The highest BCUT2D eigenvalue weighted by atomic mass is 16.5. The molecular weight excluding hydrogens is 316 g/mol. The summed E-state index contributed by atoms with van der Waals surface area (Å²) < 4.78 is 5.42. The van der Waals surface area contributed by atoms with Crippen LogP contribution in [0.15, 0.2) is 24.3 Å². The Kier molecular flexibility index (Phi) is 7.29. The quantitative estimate of drug-likeness (QED) is 0.826. The SMILES string of the molecule is CC[C@H](C)C(=O)NCC(=O)N1CCC(Cc2ccccc2OC)CC1. The number of rotatable bonds is 7. The van der Waals surface area contributed by atoms with Crippen molar-refractivity contribution < 1.29 is 14.3 Å². The van der Waals surface area contributed by atoms with E-state index in [9.17, 15) is 9.59 Å². The molecule has 25 heavy (non-hydrogen) atoms. The van der Waals surface area contributed by atoms with E-state index >= 15 is 0 Å². The smallest absolute Gasteiger partial charge is 0.241 e. The van der Waals surface area contributed by atoms with Crippen LogP contribution in [-0.4, -0.2) is 43.5 Å². The van der Waals surface area contributed by atoms with Gasteiger partial charge in [0.15, 0.2) is 0 Å². The number of methoxy groups -OCH3 is 1. The van der Waals surface area contributed by atoms with Crippen LogP contribution in [0.1, 0.15) is 38.7 Å². The lowest BCUT2D eigenvalue weighted by molar-refractivity contribution is -0.134. The normalized spacial score (nSPS) is 16.4. The zero-order chi connectivity index (χ0) is 18.2. The third-order valence-corrected chi connectivity index (χ3v) is 5.14. The number of benzene rings is 1. The number of amides is 2. The molecule has 1 aliphatic rings. The Bertz CT molecular complexity index is 580. The van der Waals surface area contributed by atoms with Gasteiger partial charge in [0.25, 0.3) is 0 Å². The molecule has 0 radical (unpaired) electrons. The highest BCUT2D eigenvalue weighted by molar-refractivity contribution is 5.85. The van der Waals surface area contributed by atoms with Gasteiger partial charge in [-0.2, -0.15) is 0 Å². The Labute approximate surface area is 150 Å². The highest BCUT2D eigenvalue weighted by Gasteiger charge is 2.24. The van der Waals surface area contributed by atoms with E-state index in [1.54, 1.807) is 7.11 Å². The second-order valence-electron chi connectivity index (χ2n) is 6.87. The molecule has 1 aliphatic heterocycles. The summed E-state index contributed by atoms with van der Waals surface area (Å²) in [6.07, 6.45) is 3.75. The first kappa shape index (κ1) is 19.3. The van der Waals surface area contributed by atoms with Crippen molar-refractivity contribution >= 4 is 11.8 Å². The summed E-state index contributed by atoms with van der Waals surface area (Å²) in [5, 5.41) is 2.75. The van der Waals surface area contributed by atoms with Crippen LogP contribution in [0.25, 0.3) is 0 Å². The molecule has 1 aromatic rings. The van der Waals surface area contributed by atoms with E-state index in [1.807, 2.05) is 36.9 Å². The molecule has 138 valence electrons. The third-order valence-electron chi connectivity index (χ3n) is 5.14. The number of carbonyl (C=O) groups is 2. The topological polar surface area (TPSA) is 58.6 Å². The van der Waals surface area contributed by atoms with Gasteiger partial charge in [-0.15, -0.1) is 0 Å². The van der Waals surface area contributed by atoms with Gasteiger partial charge >= 0.3 is 0 Å². The van der Waals surface area contributed by atoms with Crippen molar-refractivity contribution in [3.8, 4) is 5.75 Å². The zero-order valence-electron chi connectivity index (χ0n) is 15.6. The minimum absolute atomic E-state index is 0.0207. The first-order chi connectivity index (χ1) is 12.0. The van der Waals surface area contributed by atoms with Gasteiger partial charge in [0.2, 0.25) is 11.8 Å². The maximum Gasteiger partial charge on any atom is 0.241 e. The molecule has 0 saturated carbocycles. The first-order valence-corrected chi connectivity index (χ1v) is 9.22. The average molecular weight is 346 g/mol. The largest absolute Gasteiger partial charge is 0.496 e. The van der Waals surface area contributed by atoms with Gasteiger partial charge in [0, 0.05) is 19.0 Å². The van der Waals surface area contributed by atoms with E-state index in [2.05, 4.69) is 11.4 Å². The van der Waals surface area contributed by atoms with E-state index in [0.29, 0.717) is 5.92 Å². The summed E-state index contributed by atoms with van der Waals surface area (Å²) >= 11 is 0. The van der Waals surface area contributed by atoms with Crippen LogP contribution in [0.2, 0.25) is 0 Å². The summed E-state index contributed by atoms with van der Waals surface area (Å²) in [6.45, 7) is 5.48. The lowest BCUT2D eigenvalue weighted by Gasteiger charge is -2.32. The fourth-order valence-corrected chi connectivity index (χ4v) is 3.20. The Morgan fingerprint density at radius 1 is 1.28 bits per heavy atom. The maximum absolute atomic E-state index is 12.3. The number of likely N-dealkylation sites (tertiary alicyclic amines) is 1. The Hall–Kier alpha value is -2.04. The number of ether oxygens (including phenoxy) is 1. The molecule has 0 aliphatic carbocycles. The Balaban J connectivity index is 1.77. The number of piperidine rings is 1. The number of para-hydroxylation sites is 1. The molecule has 2 amide bonds. The summed E-state index contributed by atoms with van der Waals surface area (Å²) in [7, 11) is 1.70. The molecular formula is C20H30N2O3. The lowest BCUT2D eigenvalue weighted by atomic mass is 9.90. The molecule has 2 rings (SSSR count). The molecule has 5 nitrogen and oxygen atoms in total. The minimum atomic E-state index is -0.0422. The molecule has 1 N–H and O–H groups in total. The number of nitrogens with zero attached hydrogens (tertiary/aromatic N) is 1. The van der Waals surface area contributed by atoms with E-state index in [0.717, 1.165) is 44.5 Å². The zero-order valence-corrected chi connectivity index (χ0v) is 15.6. The van der Waals surface area contributed by atoms with Crippen molar-refractivity contribution in [2.24, 2.45) is 11.8 Å². The number of nitrogens with one attached hydrogen (secondary N) is 1. The first-order valence-electron chi connectivity index (χ1n) is 9.22. The maximum atomic E-state index is 12.3. The number of carbonyl (C=O) groups excluding carboxylic acids is 2. The molecule has 1 aromatic carbocycles. The van der Waals surface area contributed by atoms with Crippen LogP contribution in [0.5, 0.6) is 5.75 Å². The number of hydrogen-bond acceptors (Lipinski definition) is 3. The van der Waals surface area contributed by atoms with Crippen molar-refractivity contribution in [1.29, 1.82) is 0 Å². The van der Waals surface area contributed by atoms with Crippen LogP contribution in [0.4, 0.5) is 0 Å². The van der Waals surface area contributed by atoms with E-state index in [-0.39, 0.29) is 24.3 Å². The Morgan fingerprint density at radius 2 is 1.96 bits per heavy atom. The van der Waals surface area contributed by atoms with Gasteiger partial charge in [-0.1, -0.05) is 32.0 Å². The second kappa shape index (κ2) is 9.44. The molecule has 5 heteroatoms. The van der Waals surface area contributed by atoms with Gasteiger partial charge in [0.05, 0.1) is 13.7 Å². The molecule has 1 atom stereocenters. The van der Waals surface area contributed by atoms with E-state index < -0.39 is 0 Å². The van der Waals surface area contributed by atoms with Crippen LogP contribution < -0.4 is 10.1 Å². The molecule has 0 unspecified atom stereocenters. The van der Waals surface area contributed by atoms with Crippen molar-refractivity contribution in [3.05, 3.63) is 29.8 Å². The fraction of sp³-hybridized carbons (Fsp3) is 0.600. The van der Waals surface area contributed by atoms with Gasteiger partial charge in [-0.3, -0.25) is 9.59 Å². The summed E-state index contributed by atoms with van der Waals surface area (Å²) in [5.41, 5.74) is 1.23. The molecule has 1 saturated heterocycles. The van der Waals surface area contributed by atoms with E-state index in [1.165, 1.54) is 5.56 Å². The molecule has 0 spiro atoms. The second-order valence-corrected chi connectivity index (χ2v) is 6.87. The summed E-state index contributed by atoms with van der Waals surface area (Å²) in [5.74, 6) is 1.44. The van der Waals surface area contributed by atoms with Gasteiger partial charge < -0.3 is 15.0 Å². The van der Waals surface area contributed by atoms with Gasteiger partial charge in [-0.05, 0) is 43.2 Å². The van der Waals surface area contributed by atoms with Crippen LogP contribution in [0.3, 0.4) is 0 Å². The standard InChI is InChI=1S/C20H30N2O3/c1-4-15(2)20(24)21-14-19(23)22-11-9-16(10-12-22)13-17-7-5-6-8-18(17)25-3/h5-8,15-16H,4,9-14H2,1-3H3,(H,21,24)/t15-/m0/s1. The average Bonchev–Trinajstić information content (AvgIpc) is 2.66. The minimum Gasteiger partial charge on any atom is -0.496 e. The van der Waals surface area contributed by atoms with Crippen molar-refractivity contribution in [1.82, 2.24) is 10.2 Å². The molecule has 1 heterocycles. The third kappa shape index (κ3) is 5.48. The fourth-order valence-electron chi connectivity index (χ4n) is 3.20. The molecule has 0 aromatic heterocycles.